The fraction of sp³-hybridized carbons (Fsp3) is 0.188. The molecular weight excluding hydrogens is 314 g/mol. The summed E-state index contributed by atoms with van der Waals surface area (Å²) in [6.07, 6.45) is 0. The van der Waals surface area contributed by atoms with Gasteiger partial charge in [-0.15, -0.1) is 11.8 Å². The van der Waals surface area contributed by atoms with E-state index in [-0.39, 0.29) is 0 Å². The molecule has 2 rings (SSSR count). The van der Waals surface area contributed by atoms with E-state index in [1.807, 2.05) is 42.5 Å². The molecule has 0 radical (unpaired) electrons. The van der Waals surface area contributed by atoms with Gasteiger partial charge in [0.05, 0.1) is 12.8 Å². The van der Waals surface area contributed by atoms with E-state index < -0.39 is 0 Å². The summed E-state index contributed by atoms with van der Waals surface area (Å²) >= 11 is 7.01. The smallest absolute Gasteiger partial charge is 0.185 e. The fourth-order valence-electron chi connectivity index (χ4n) is 1.72. The SMILES string of the molecule is COc1cccc(NNC(=S)NCCSc2ccccc2)c1. The molecule has 2 aromatic rings. The maximum absolute atomic E-state index is 5.22. The molecule has 0 fully saturated rings. The lowest BCUT2D eigenvalue weighted by Gasteiger charge is -2.13. The van der Waals surface area contributed by atoms with Crippen LogP contribution in [0.4, 0.5) is 5.69 Å². The zero-order chi connectivity index (χ0) is 15.6. The van der Waals surface area contributed by atoms with Crippen LogP contribution in [0, 0.1) is 0 Å². The number of rotatable bonds is 7. The van der Waals surface area contributed by atoms with Crippen LogP contribution >= 0.6 is 24.0 Å². The summed E-state index contributed by atoms with van der Waals surface area (Å²) in [7, 11) is 1.64. The summed E-state index contributed by atoms with van der Waals surface area (Å²) in [5.74, 6) is 1.75. The van der Waals surface area contributed by atoms with Gasteiger partial charge in [0.2, 0.25) is 0 Å². The van der Waals surface area contributed by atoms with E-state index >= 15 is 0 Å². The molecule has 116 valence electrons. The van der Waals surface area contributed by atoms with E-state index in [1.165, 1.54) is 4.90 Å². The molecule has 0 amide bonds. The van der Waals surface area contributed by atoms with E-state index in [1.54, 1.807) is 18.9 Å². The van der Waals surface area contributed by atoms with Gasteiger partial charge in [-0.1, -0.05) is 24.3 Å². The van der Waals surface area contributed by atoms with E-state index in [2.05, 4.69) is 28.3 Å². The van der Waals surface area contributed by atoms with Gasteiger partial charge in [0.1, 0.15) is 5.75 Å². The number of benzene rings is 2. The molecule has 0 aliphatic heterocycles. The van der Waals surface area contributed by atoms with Crippen LogP contribution in [0.5, 0.6) is 5.75 Å². The van der Waals surface area contributed by atoms with Crippen molar-refractivity contribution in [2.75, 3.05) is 24.8 Å². The molecule has 0 aromatic heterocycles. The van der Waals surface area contributed by atoms with Crippen LogP contribution < -0.4 is 20.9 Å². The second-order valence-electron chi connectivity index (χ2n) is 4.40. The Morgan fingerprint density at radius 2 is 1.95 bits per heavy atom. The first-order chi connectivity index (χ1) is 10.8. The van der Waals surface area contributed by atoms with E-state index in [0.29, 0.717) is 5.11 Å². The normalized spacial score (nSPS) is 9.86. The Hall–Kier alpha value is -1.92. The number of hydrogen-bond acceptors (Lipinski definition) is 4. The largest absolute Gasteiger partial charge is 0.497 e. The fourth-order valence-corrected chi connectivity index (χ4v) is 2.67. The van der Waals surface area contributed by atoms with Crippen molar-refractivity contribution >= 4 is 34.8 Å². The standard InChI is InChI=1S/C16H19N3OS2/c1-20-14-7-5-6-13(12-14)18-19-16(21)17-10-11-22-15-8-3-2-4-9-15/h2-9,12,18H,10-11H2,1H3,(H2,17,19,21). The van der Waals surface area contributed by atoms with Gasteiger partial charge in [0.25, 0.3) is 0 Å². The third-order valence-corrected chi connectivity index (χ3v) is 4.05. The van der Waals surface area contributed by atoms with Gasteiger partial charge in [-0.05, 0) is 36.5 Å². The lowest BCUT2D eigenvalue weighted by atomic mass is 10.3. The Bertz CT molecular complexity index is 593. The van der Waals surface area contributed by atoms with Crippen LogP contribution in [-0.4, -0.2) is 24.5 Å². The van der Waals surface area contributed by atoms with Crippen molar-refractivity contribution in [2.45, 2.75) is 4.90 Å². The van der Waals surface area contributed by atoms with Gasteiger partial charge in [0.15, 0.2) is 5.11 Å². The van der Waals surface area contributed by atoms with Crippen LogP contribution in [0.3, 0.4) is 0 Å². The number of methoxy groups -OCH3 is 1. The molecule has 4 nitrogen and oxygen atoms in total. The number of nitrogens with one attached hydrogen (secondary N) is 3. The summed E-state index contributed by atoms with van der Waals surface area (Å²) in [6.45, 7) is 0.797. The van der Waals surface area contributed by atoms with Crippen molar-refractivity contribution in [2.24, 2.45) is 0 Å². The van der Waals surface area contributed by atoms with Gasteiger partial charge in [-0.2, -0.15) is 0 Å². The minimum atomic E-state index is 0.566. The first kappa shape index (κ1) is 16.5. The third-order valence-electron chi connectivity index (χ3n) is 2.79. The first-order valence-corrected chi connectivity index (χ1v) is 8.29. The Morgan fingerprint density at radius 3 is 2.73 bits per heavy atom. The number of hydrogen-bond donors (Lipinski definition) is 3. The second-order valence-corrected chi connectivity index (χ2v) is 5.98. The topological polar surface area (TPSA) is 45.3 Å². The van der Waals surface area contributed by atoms with Gasteiger partial charge in [-0.3, -0.25) is 10.9 Å². The minimum Gasteiger partial charge on any atom is -0.497 e. The van der Waals surface area contributed by atoms with Crippen molar-refractivity contribution in [3.8, 4) is 5.75 Å². The highest BCUT2D eigenvalue weighted by molar-refractivity contribution is 7.99. The number of anilines is 1. The highest BCUT2D eigenvalue weighted by atomic mass is 32.2. The molecular formula is C16H19N3OS2. The molecule has 0 unspecified atom stereocenters. The van der Waals surface area contributed by atoms with Crippen molar-refractivity contribution in [1.29, 1.82) is 0 Å². The molecule has 0 saturated heterocycles. The van der Waals surface area contributed by atoms with E-state index in [9.17, 15) is 0 Å². The van der Waals surface area contributed by atoms with E-state index in [0.717, 1.165) is 23.7 Å². The number of thiocarbonyl (C=S) groups is 1. The maximum atomic E-state index is 5.22. The number of hydrazine groups is 1. The molecule has 22 heavy (non-hydrogen) atoms. The maximum Gasteiger partial charge on any atom is 0.185 e. The summed E-state index contributed by atoms with van der Waals surface area (Å²) in [4.78, 5) is 1.26. The van der Waals surface area contributed by atoms with E-state index in [4.69, 9.17) is 17.0 Å². The molecule has 0 atom stereocenters. The molecule has 0 saturated carbocycles. The second kappa shape index (κ2) is 9.17. The molecule has 0 spiro atoms. The Kier molecular flexibility index (Phi) is 6.86. The highest BCUT2D eigenvalue weighted by Crippen LogP contribution is 2.16. The van der Waals surface area contributed by atoms with Crippen molar-refractivity contribution < 1.29 is 4.74 Å². The van der Waals surface area contributed by atoms with Crippen molar-refractivity contribution in [1.82, 2.24) is 10.7 Å². The van der Waals surface area contributed by atoms with Crippen LogP contribution in [0.2, 0.25) is 0 Å². The Labute approximate surface area is 140 Å². The predicted octanol–water partition coefficient (Wildman–Crippen LogP) is 3.28. The highest BCUT2D eigenvalue weighted by Gasteiger charge is 1.98. The van der Waals surface area contributed by atoms with Gasteiger partial charge in [-0.25, -0.2) is 0 Å². The zero-order valence-electron chi connectivity index (χ0n) is 12.3. The molecule has 0 aliphatic carbocycles. The van der Waals surface area contributed by atoms with Crippen molar-refractivity contribution in [3.63, 3.8) is 0 Å². The molecule has 0 bridgehead atoms. The lowest BCUT2D eigenvalue weighted by molar-refractivity contribution is 0.415. The number of ether oxygens (including phenoxy) is 1. The molecule has 0 heterocycles. The van der Waals surface area contributed by atoms with Crippen LogP contribution in [0.1, 0.15) is 0 Å². The first-order valence-electron chi connectivity index (χ1n) is 6.89. The summed E-state index contributed by atoms with van der Waals surface area (Å²) < 4.78 is 5.16. The summed E-state index contributed by atoms with van der Waals surface area (Å²) in [5, 5.41) is 3.72. The lowest BCUT2D eigenvalue weighted by Crippen LogP contribution is -2.39. The average Bonchev–Trinajstić information content (AvgIpc) is 2.58. The number of thioether (sulfide) groups is 1. The van der Waals surface area contributed by atoms with Gasteiger partial charge >= 0.3 is 0 Å². The minimum absolute atomic E-state index is 0.566. The molecule has 0 aliphatic rings. The summed E-state index contributed by atoms with van der Waals surface area (Å²) in [6, 6.07) is 17.9. The Morgan fingerprint density at radius 1 is 1.14 bits per heavy atom. The average molecular weight is 333 g/mol. The molecule has 2 aromatic carbocycles. The third kappa shape index (κ3) is 5.83. The van der Waals surface area contributed by atoms with Gasteiger partial charge < -0.3 is 10.1 Å². The Balaban J connectivity index is 1.63. The monoisotopic (exact) mass is 333 g/mol. The van der Waals surface area contributed by atoms with Crippen molar-refractivity contribution in [3.05, 3.63) is 54.6 Å². The van der Waals surface area contributed by atoms with Crippen LogP contribution in [0.25, 0.3) is 0 Å². The predicted molar refractivity (Wildman–Crippen MR) is 97.5 cm³/mol. The van der Waals surface area contributed by atoms with Crippen LogP contribution in [-0.2, 0) is 0 Å². The molecule has 6 heteroatoms. The molecule has 3 N–H and O–H groups in total. The van der Waals surface area contributed by atoms with Crippen LogP contribution in [0.15, 0.2) is 59.5 Å². The zero-order valence-corrected chi connectivity index (χ0v) is 14.0. The summed E-state index contributed by atoms with van der Waals surface area (Å²) in [5.41, 5.74) is 6.88. The van der Waals surface area contributed by atoms with Gasteiger partial charge in [0, 0.05) is 23.3 Å². The quantitative estimate of drug-likeness (QED) is 0.313.